The molecular weight excluding hydrogens is 294 g/mol. The summed E-state index contributed by atoms with van der Waals surface area (Å²) in [5, 5.41) is 9.60. The molecule has 116 valence electrons. The SMILES string of the molecule is O=C(NCCn1cnccc1=O)c1cc(-c2ccccc2)n[nH]1. The van der Waals surface area contributed by atoms with E-state index in [2.05, 4.69) is 20.5 Å². The third kappa shape index (κ3) is 3.52. The van der Waals surface area contributed by atoms with Crippen LogP contribution in [-0.4, -0.2) is 32.2 Å². The number of carbonyl (C=O) groups excluding carboxylic acids is 1. The van der Waals surface area contributed by atoms with Crippen LogP contribution in [0, 0.1) is 0 Å². The number of carbonyl (C=O) groups is 1. The number of aromatic amines is 1. The molecule has 23 heavy (non-hydrogen) atoms. The lowest BCUT2D eigenvalue weighted by Crippen LogP contribution is -2.30. The number of benzene rings is 1. The van der Waals surface area contributed by atoms with E-state index in [1.54, 1.807) is 6.07 Å². The van der Waals surface area contributed by atoms with E-state index < -0.39 is 0 Å². The van der Waals surface area contributed by atoms with Crippen molar-refractivity contribution in [1.29, 1.82) is 0 Å². The lowest BCUT2D eigenvalue weighted by molar-refractivity contribution is 0.0947. The molecule has 3 rings (SSSR count). The van der Waals surface area contributed by atoms with Crippen molar-refractivity contribution in [3.05, 3.63) is 71.0 Å². The number of nitrogens with one attached hydrogen (secondary N) is 2. The van der Waals surface area contributed by atoms with E-state index in [9.17, 15) is 9.59 Å². The van der Waals surface area contributed by atoms with Crippen LogP contribution in [0.5, 0.6) is 0 Å². The fourth-order valence-corrected chi connectivity index (χ4v) is 2.13. The highest BCUT2D eigenvalue weighted by Gasteiger charge is 2.10. The van der Waals surface area contributed by atoms with Gasteiger partial charge in [0.15, 0.2) is 0 Å². The number of H-pyrrole nitrogens is 1. The molecule has 0 radical (unpaired) electrons. The van der Waals surface area contributed by atoms with Crippen LogP contribution in [0.3, 0.4) is 0 Å². The van der Waals surface area contributed by atoms with Crippen LogP contribution in [0.1, 0.15) is 10.5 Å². The van der Waals surface area contributed by atoms with Gasteiger partial charge < -0.3 is 5.32 Å². The van der Waals surface area contributed by atoms with E-state index in [1.807, 2.05) is 30.3 Å². The van der Waals surface area contributed by atoms with Crippen molar-refractivity contribution < 1.29 is 4.79 Å². The molecule has 1 aromatic carbocycles. The van der Waals surface area contributed by atoms with Gasteiger partial charge in [0.2, 0.25) is 0 Å². The van der Waals surface area contributed by atoms with Crippen molar-refractivity contribution in [3.8, 4) is 11.3 Å². The first-order valence-corrected chi connectivity index (χ1v) is 7.13. The van der Waals surface area contributed by atoms with Crippen molar-refractivity contribution in [2.75, 3.05) is 6.54 Å². The van der Waals surface area contributed by atoms with Gasteiger partial charge in [-0.25, -0.2) is 4.98 Å². The van der Waals surface area contributed by atoms with Gasteiger partial charge in [-0.2, -0.15) is 5.10 Å². The van der Waals surface area contributed by atoms with Gasteiger partial charge in [0.05, 0.1) is 12.0 Å². The van der Waals surface area contributed by atoms with Crippen molar-refractivity contribution in [1.82, 2.24) is 25.1 Å². The minimum Gasteiger partial charge on any atom is -0.349 e. The molecule has 0 atom stereocenters. The van der Waals surface area contributed by atoms with Gasteiger partial charge in [-0.1, -0.05) is 30.3 Å². The first-order chi connectivity index (χ1) is 11.2. The van der Waals surface area contributed by atoms with Crippen LogP contribution in [-0.2, 0) is 6.54 Å². The van der Waals surface area contributed by atoms with Gasteiger partial charge >= 0.3 is 0 Å². The van der Waals surface area contributed by atoms with Gasteiger partial charge in [-0.05, 0) is 6.07 Å². The monoisotopic (exact) mass is 309 g/mol. The molecule has 7 heteroatoms. The Labute approximate surface area is 132 Å². The standard InChI is InChI=1S/C16H15N5O2/c22-15-6-7-17-11-21(15)9-8-18-16(23)14-10-13(19-20-14)12-4-2-1-3-5-12/h1-7,10-11H,8-9H2,(H,18,23)(H,19,20). The Hall–Kier alpha value is -3.22. The molecule has 7 nitrogen and oxygen atoms in total. The fraction of sp³-hybridized carbons (Fsp3) is 0.125. The highest BCUT2D eigenvalue weighted by atomic mass is 16.2. The fourth-order valence-electron chi connectivity index (χ4n) is 2.13. The summed E-state index contributed by atoms with van der Waals surface area (Å²) >= 11 is 0. The molecule has 0 aliphatic carbocycles. The lowest BCUT2D eigenvalue weighted by Gasteiger charge is -2.05. The molecule has 2 heterocycles. The first kappa shape index (κ1) is 14.7. The molecular formula is C16H15N5O2. The normalized spacial score (nSPS) is 10.4. The Morgan fingerprint density at radius 2 is 2.04 bits per heavy atom. The summed E-state index contributed by atoms with van der Waals surface area (Å²) in [5.74, 6) is -0.267. The van der Waals surface area contributed by atoms with Crippen molar-refractivity contribution in [2.45, 2.75) is 6.54 Å². The van der Waals surface area contributed by atoms with Gasteiger partial charge in [0, 0.05) is 30.9 Å². The summed E-state index contributed by atoms with van der Waals surface area (Å²) in [4.78, 5) is 27.5. The summed E-state index contributed by atoms with van der Waals surface area (Å²) in [7, 11) is 0. The Kier molecular flexibility index (Phi) is 4.28. The number of aromatic nitrogens is 4. The molecule has 1 amide bonds. The van der Waals surface area contributed by atoms with Crippen LogP contribution < -0.4 is 10.9 Å². The second kappa shape index (κ2) is 6.69. The smallest absolute Gasteiger partial charge is 0.269 e. The second-order valence-electron chi connectivity index (χ2n) is 4.90. The molecule has 0 saturated carbocycles. The largest absolute Gasteiger partial charge is 0.349 e. The van der Waals surface area contributed by atoms with E-state index in [1.165, 1.54) is 23.2 Å². The number of nitrogens with zero attached hydrogens (tertiary/aromatic N) is 3. The van der Waals surface area contributed by atoms with Crippen LogP contribution in [0.2, 0.25) is 0 Å². The molecule has 0 fully saturated rings. The predicted octanol–water partition coefficient (Wildman–Crippen LogP) is 1.06. The minimum absolute atomic E-state index is 0.151. The van der Waals surface area contributed by atoms with Gasteiger partial charge in [-0.15, -0.1) is 0 Å². The predicted molar refractivity (Wildman–Crippen MR) is 84.9 cm³/mol. The molecule has 0 aliphatic rings. The number of hydrogen-bond donors (Lipinski definition) is 2. The average molecular weight is 309 g/mol. The zero-order valence-electron chi connectivity index (χ0n) is 12.3. The summed E-state index contributed by atoms with van der Waals surface area (Å²) in [6, 6.07) is 12.7. The minimum atomic E-state index is -0.267. The maximum absolute atomic E-state index is 12.1. The zero-order chi connectivity index (χ0) is 16.1. The van der Waals surface area contributed by atoms with Gasteiger partial charge in [0.1, 0.15) is 5.69 Å². The maximum atomic E-state index is 12.1. The number of hydrogen-bond acceptors (Lipinski definition) is 4. The zero-order valence-corrected chi connectivity index (χ0v) is 12.3. The summed E-state index contributed by atoms with van der Waals surface area (Å²) in [5.41, 5.74) is 1.87. The van der Waals surface area contributed by atoms with Gasteiger partial charge in [-0.3, -0.25) is 19.3 Å². The van der Waals surface area contributed by atoms with Crippen LogP contribution >= 0.6 is 0 Å². The summed E-state index contributed by atoms with van der Waals surface area (Å²) in [6.07, 6.45) is 2.88. The molecule has 2 N–H and O–H groups in total. The van der Waals surface area contributed by atoms with Gasteiger partial charge in [0.25, 0.3) is 11.5 Å². The van der Waals surface area contributed by atoms with E-state index in [4.69, 9.17) is 0 Å². The molecule has 0 unspecified atom stereocenters. The summed E-state index contributed by atoms with van der Waals surface area (Å²) < 4.78 is 1.43. The van der Waals surface area contributed by atoms with E-state index >= 15 is 0 Å². The van der Waals surface area contributed by atoms with Crippen molar-refractivity contribution in [3.63, 3.8) is 0 Å². The number of amides is 1. The highest BCUT2D eigenvalue weighted by molar-refractivity contribution is 5.93. The lowest BCUT2D eigenvalue weighted by atomic mass is 10.1. The average Bonchev–Trinajstić information content (AvgIpc) is 3.07. The third-order valence-corrected chi connectivity index (χ3v) is 3.32. The van der Waals surface area contributed by atoms with Crippen LogP contribution in [0.25, 0.3) is 11.3 Å². The molecule has 3 aromatic rings. The Morgan fingerprint density at radius 3 is 2.83 bits per heavy atom. The first-order valence-electron chi connectivity index (χ1n) is 7.13. The van der Waals surface area contributed by atoms with Crippen LogP contribution in [0.4, 0.5) is 0 Å². The Bertz CT molecular complexity index is 854. The van der Waals surface area contributed by atoms with E-state index in [-0.39, 0.29) is 11.5 Å². The maximum Gasteiger partial charge on any atom is 0.269 e. The van der Waals surface area contributed by atoms with Crippen molar-refractivity contribution in [2.24, 2.45) is 0 Å². The van der Waals surface area contributed by atoms with E-state index in [0.717, 1.165) is 5.56 Å². The Morgan fingerprint density at radius 1 is 1.22 bits per heavy atom. The molecule has 0 saturated heterocycles. The second-order valence-corrected chi connectivity index (χ2v) is 4.90. The van der Waals surface area contributed by atoms with Crippen LogP contribution in [0.15, 0.2) is 59.8 Å². The summed E-state index contributed by atoms with van der Waals surface area (Å²) in [6.45, 7) is 0.683. The van der Waals surface area contributed by atoms with Crippen molar-refractivity contribution >= 4 is 5.91 Å². The third-order valence-electron chi connectivity index (χ3n) is 3.32. The van der Waals surface area contributed by atoms with E-state index in [0.29, 0.717) is 24.5 Å². The molecule has 0 bridgehead atoms. The molecule has 2 aromatic heterocycles. The topological polar surface area (TPSA) is 92.7 Å². The molecule has 0 aliphatic heterocycles. The number of rotatable bonds is 5. The quantitative estimate of drug-likeness (QED) is 0.737. The molecule has 0 spiro atoms. The highest BCUT2D eigenvalue weighted by Crippen LogP contribution is 2.16. The Balaban J connectivity index is 1.60.